The van der Waals surface area contributed by atoms with Gasteiger partial charge in [-0.05, 0) is 52.7 Å². The quantitative estimate of drug-likeness (QED) is 0.503. The van der Waals surface area contributed by atoms with Gasteiger partial charge in [0.2, 0.25) is 5.95 Å². The van der Waals surface area contributed by atoms with Crippen LogP contribution in [-0.2, 0) is 19.6 Å². The third-order valence-electron chi connectivity index (χ3n) is 3.93. The molecule has 4 rings (SSSR count). The van der Waals surface area contributed by atoms with E-state index < -0.39 is 0 Å². The minimum atomic E-state index is 0.691. The summed E-state index contributed by atoms with van der Waals surface area (Å²) < 4.78 is 7.58. The number of nitrogens with zero attached hydrogens (tertiary/aromatic N) is 4. The van der Waals surface area contributed by atoms with Crippen LogP contribution in [0.2, 0.25) is 0 Å². The predicted molar refractivity (Wildman–Crippen MR) is 97.3 cm³/mol. The van der Waals surface area contributed by atoms with Gasteiger partial charge in [-0.3, -0.25) is 9.47 Å². The van der Waals surface area contributed by atoms with Crippen molar-refractivity contribution in [1.82, 2.24) is 19.4 Å². The molecule has 0 aromatic carbocycles. The Hall–Kier alpha value is -2.70. The summed E-state index contributed by atoms with van der Waals surface area (Å²) in [6, 6.07) is 12.1. The van der Waals surface area contributed by atoms with Crippen LogP contribution >= 0.6 is 11.3 Å². The standard InChI is InChI=1S/C19H18N4OS/c1-4-17(23(9-1)19-20-7-3-8-21-19)13-22(12-16-6-11-25-15-16)14-18-5-2-10-24-18/h1-11,15H,12-14H2. The fourth-order valence-electron chi connectivity index (χ4n) is 2.82. The molecule has 126 valence electrons. The molecule has 0 atom stereocenters. The molecule has 0 bridgehead atoms. The number of hydrogen-bond acceptors (Lipinski definition) is 5. The molecule has 6 heteroatoms. The van der Waals surface area contributed by atoms with Crippen LogP contribution in [0.3, 0.4) is 0 Å². The number of thiophene rings is 1. The molecule has 0 saturated heterocycles. The third-order valence-corrected chi connectivity index (χ3v) is 4.66. The molecule has 0 unspecified atom stereocenters. The zero-order valence-corrected chi connectivity index (χ0v) is 14.5. The Labute approximate surface area is 150 Å². The highest BCUT2D eigenvalue weighted by atomic mass is 32.1. The van der Waals surface area contributed by atoms with Crippen LogP contribution in [0, 0.1) is 0 Å². The summed E-state index contributed by atoms with van der Waals surface area (Å²) in [6.07, 6.45) is 7.25. The van der Waals surface area contributed by atoms with E-state index in [1.807, 2.05) is 35.0 Å². The van der Waals surface area contributed by atoms with Gasteiger partial charge in [-0.1, -0.05) is 0 Å². The van der Waals surface area contributed by atoms with E-state index in [4.69, 9.17) is 4.42 Å². The molecule has 0 aliphatic rings. The fraction of sp³-hybridized carbons (Fsp3) is 0.158. The van der Waals surface area contributed by atoms with Gasteiger partial charge in [-0.15, -0.1) is 0 Å². The van der Waals surface area contributed by atoms with Gasteiger partial charge in [0.05, 0.1) is 12.8 Å². The molecule has 4 aromatic heterocycles. The molecule has 4 aromatic rings. The minimum absolute atomic E-state index is 0.691. The topological polar surface area (TPSA) is 47.1 Å². The summed E-state index contributed by atoms with van der Waals surface area (Å²) in [5, 5.41) is 4.30. The van der Waals surface area contributed by atoms with Crippen LogP contribution in [-0.4, -0.2) is 19.4 Å². The summed E-state index contributed by atoms with van der Waals surface area (Å²) in [5.41, 5.74) is 2.46. The Kier molecular flexibility index (Phi) is 4.72. The maximum absolute atomic E-state index is 5.55. The van der Waals surface area contributed by atoms with Crippen molar-refractivity contribution in [2.24, 2.45) is 0 Å². The van der Waals surface area contributed by atoms with Gasteiger partial charge in [0.1, 0.15) is 5.76 Å². The van der Waals surface area contributed by atoms with E-state index in [1.165, 1.54) is 5.56 Å². The van der Waals surface area contributed by atoms with Crippen LogP contribution in [0.4, 0.5) is 0 Å². The van der Waals surface area contributed by atoms with E-state index in [0.717, 1.165) is 31.1 Å². The van der Waals surface area contributed by atoms with Crippen LogP contribution < -0.4 is 0 Å². The van der Waals surface area contributed by atoms with E-state index in [1.54, 1.807) is 30.0 Å². The minimum Gasteiger partial charge on any atom is -0.468 e. The van der Waals surface area contributed by atoms with E-state index in [9.17, 15) is 0 Å². The molecule has 0 radical (unpaired) electrons. The van der Waals surface area contributed by atoms with Gasteiger partial charge in [0.15, 0.2) is 0 Å². The van der Waals surface area contributed by atoms with Crippen molar-refractivity contribution in [2.45, 2.75) is 19.6 Å². The van der Waals surface area contributed by atoms with Crippen molar-refractivity contribution < 1.29 is 4.42 Å². The summed E-state index contributed by atoms with van der Waals surface area (Å²) in [4.78, 5) is 11.1. The van der Waals surface area contributed by atoms with Crippen molar-refractivity contribution in [3.8, 4) is 5.95 Å². The van der Waals surface area contributed by atoms with Crippen molar-refractivity contribution in [3.63, 3.8) is 0 Å². The molecule has 4 heterocycles. The van der Waals surface area contributed by atoms with E-state index in [-0.39, 0.29) is 0 Å². The number of rotatable bonds is 7. The van der Waals surface area contributed by atoms with Crippen molar-refractivity contribution in [1.29, 1.82) is 0 Å². The Morgan fingerprint density at radius 1 is 1.00 bits per heavy atom. The lowest BCUT2D eigenvalue weighted by Crippen LogP contribution is -2.23. The Morgan fingerprint density at radius 3 is 2.68 bits per heavy atom. The first kappa shape index (κ1) is 15.8. The lowest BCUT2D eigenvalue weighted by molar-refractivity contribution is 0.223. The number of aromatic nitrogens is 3. The van der Waals surface area contributed by atoms with Crippen molar-refractivity contribution in [2.75, 3.05) is 0 Å². The van der Waals surface area contributed by atoms with Gasteiger partial charge in [0, 0.05) is 37.4 Å². The van der Waals surface area contributed by atoms with E-state index >= 15 is 0 Å². The summed E-state index contributed by atoms with van der Waals surface area (Å²) in [6.45, 7) is 2.40. The molecule has 0 spiro atoms. The van der Waals surface area contributed by atoms with Gasteiger partial charge < -0.3 is 4.42 Å². The highest BCUT2D eigenvalue weighted by Crippen LogP contribution is 2.17. The second kappa shape index (κ2) is 7.46. The third kappa shape index (κ3) is 3.87. The maximum atomic E-state index is 5.55. The summed E-state index contributed by atoms with van der Waals surface area (Å²) in [7, 11) is 0. The molecule has 0 aliphatic carbocycles. The molecule has 0 aliphatic heterocycles. The zero-order chi connectivity index (χ0) is 16.9. The average Bonchev–Trinajstić information content (AvgIpc) is 3.38. The fourth-order valence-corrected chi connectivity index (χ4v) is 3.48. The number of furan rings is 1. The Morgan fingerprint density at radius 2 is 1.92 bits per heavy atom. The highest BCUT2D eigenvalue weighted by Gasteiger charge is 2.14. The van der Waals surface area contributed by atoms with E-state index in [0.29, 0.717) is 5.95 Å². The van der Waals surface area contributed by atoms with Gasteiger partial charge in [0.25, 0.3) is 0 Å². The first-order chi connectivity index (χ1) is 12.4. The monoisotopic (exact) mass is 350 g/mol. The normalized spacial score (nSPS) is 11.2. The smallest absolute Gasteiger partial charge is 0.233 e. The van der Waals surface area contributed by atoms with Gasteiger partial charge in [-0.2, -0.15) is 11.3 Å². The first-order valence-electron chi connectivity index (χ1n) is 8.08. The molecule has 0 saturated carbocycles. The lowest BCUT2D eigenvalue weighted by Gasteiger charge is -2.21. The second-order valence-corrected chi connectivity index (χ2v) is 6.55. The van der Waals surface area contributed by atoms with Crippen LogP contribution in [0.1, 0.15) is 17.0 Å². The van der Waals surface area contributed by atoms with Crippen LogP contribution in [0.5, 0.6) is 0 Å². The molecule has 25 heavy (non-hydrogen) atoms. The first-order valence-corrected chi connectivity index (χ1v) is 9.02. The summed E-state index contributed by atoms with van der Waals surface area (Å²) in [5.74, 6) is 1.65. The largest absolute Gasteiger partial charge is 0.468 e. The molecule has 5 nitrogen and oxygen atoms in total. The molecule has 0 amide bonds. The molecular formula is C19H18N4OS. The number of hydrogen-bond donors (Lipinski definition) is 0. The van der Waals surface area contributed by atoms with Gasteiger partial charge >= 0.3 is 0 Å². The van der Waals surface area contributed by atoms with Crippen molar-refractivity contribution >= 4 is 11.3 Å². The summed E-state index contributed by atoms with van der Waals surface area (Å²) >= 11 is 1.72. The van der Waals surface area contributed by atoms with Crippen LogP contribution in [0.15, 0.2) is 76.4 Å². The van der Waals surface area contributed by atoms with Gasteiger partial charge in [-0.25, -0.2) is 9.97 Å². The molecular weight excluding hydrogens is 332 g/mol. The van der Waals surface area contributed by atoms with Crippen LogP contribution in [0.25, 0.3) is 5.95 Å². The maximum Gasteiger partial charge on any atom is 0.233 e. The highest BCUT2D eigenvalue weighted by molar-refractivity contribution is 7.07. The Balaban J connectivity index is 1.57. The second-order valence-electron chi connectivity index (χ2n) is 5.77. The molecule has 0 fully saturated rings. The zero-order valence-electron chi connectivity index (χ0n) is 13.7. The molecule has 0 N–H and O–H groups in total. The SMILES string of the molecule is c1cnc(-n2cccc2CN(Cc2ccsc2)Cc2ccco2)nc1. The van der Waals surface area contributed by atoms with Crippen molar-refractivity contribution in [3.05, 3.63) is 89.0 Å². The van der Waals surface area contributed by atoms with E-state index in [2.05, 4.69) is 37.8 Å². The Bertz CT molecular complexity index is 849. The lowest BCUT2D eigenvalue weighted by atomic mass is 10.2. The average molecular weight is 350 g/mol. The predicted octanol–water partition coefficient (Wildman–Crippen LogP) is 4.12.